The third kappa shape index (κ3) is 3.01. The molecule has 0 amide bonds. The second kappa shape index (κ2) is 6.77. The molecule has 0 radical (unpaired) electrons. The average molecular weight is 279 g/mol. The highest BCUT2D eigenvalue weighted by Crippen LogP contribution is 2.26. The molecule has 0 aromatic carbocycles. The molecule has 2 heterocycles. The van der Waals surface area contributed by atoms with Gasteiger partial charge in [0.15, 0.2) is 0 Å². The van der Waals surface area contributed by atoms with Crippen LogP contribution in [0.4, 0.5) is 0 Å². The van der Waals surface area contributed by atoms with Crippen LogP contribution in [0, 0.1) is 0 Å². The topological polar surface area (TPSA) is 55.6 Å². The molecule has 0 aliphatic rings. The fraction of sp³-hybridized carbons (Fsp3) is 0.615. The zero-order chi connectivity index (χ0) is 13.7. The Morgan fingerprint density at radius 2 is 2.21 bits per heavy atom. The zero-order valence-electron chi connectivity index (χ0n) is 11.8. The summed E-state index contributed by atoms with van der Waals surface area (Å²) in [6, 6.07) is 0.102. The number of rotatable bonds is 7. The molecule has 0 aliphatic heterocycles. The summed E-state index contributed by atoms with van der Waals surface area (Å²) in [5, 5.41) is 7.79. The molecular weight excluding hydrogens is 258 g/mol. The van der Waals surface area contributed by atoms with Gasteiger partial charge in [-0.3, -0.25) is 0 Å². The van der Waals surface area contributed by atoms with Crippen molar-refractivity contribution in [2.75, 3.05) is 6.54 Å². The van der Waals surface area contributed by atoms with E-state index in [0.29, 0.717) is 0 Å². The summed E-state index contributed by atoms with van der Waals surface area (Å²) in [7, 11) is 0. The van der Waals surface area contributed by atoms with Crippen LogP contribution in [0.3, 0.4) is 0 Å². The van der Waals surface area contributed by atoms with Crippen molar-refractivity contribution in [3.8, 4) is 0 Å². The van der Waals surface area contributed by atoms with Gasteiger partial charge in [-0.2, -0.15) is 0 Å². The molecule has 104 valence electrons. The summed E-state index contributed by atoms with van der Waals surface area (Å²) in [5.41, 5.74) is 1.07. The molecule has 0 saturated carbocycles. The van der Waals surface area contributed by atoms with E-state index < -0.39 is 0 Å². The normalized spacial score (nSPS) is 12.8. The standard InChI is InChI=1S/C13H21N5S/c1-4-7-14-11(12-10(5-2)16-17-19-12)13-15-8-9-18(13)6-3/h8-9,11,14H,4-7H2,1-3H3. The molecule has 19 heavy (non-hydrogen) atoms. The number of nitrogens with zero attached hydrogens (tertiary/aromatic N) is 4. The molecule has 6 heteroatoms. The van der Waals surface area contributed by atoms with Crippen molar-refractivity contribution >= 4 is 11.5 Å². The SMILES string of the molecule is CCCNC(c1snnc1CC)c1nccn1CC. The molecule has 1 N–H and O–H groups in total. The number of nitrogens with one attached hydrogen (secondary N) is 1. The Bertz CT molecular complexity index is 462. The van der Waals surface area contributed by atoms with Gasteiger partial charge in [0.1, 0.15) is 11.9 Å². The number of imidazole rings is 1. The first-order valence-corrected chi connectivity index (χ1v) is 7.64. The van der Waals surface area contributed by atoms with Gasteiger partial charge in [0, 0.05) is 18.9 Å². The van der Waals surface area contributed by atoms with Crippen molar-refractivity contribution in [1.82, 2.24) is 24.5 Å². The van der Waals surface area contributed by atoms with Crippen molar-refractivity contribution in [3.63, 3.8) is 0 Å². The van der Waals surface area contributed by atoms with Gasteiger partial charge in [-0.1, -0.05) is 18.3 Å². The van der Waals surface area contributed by atoms with E-state index in [-0.39, 0.29) is 6.04 Å². The maximum absolute atomic E-state index is 4.52. The predicted molar refractivity (Wildman–Crippen MR) is 77.3 cm³/mol. The average Bonchev–Trinajstić information content (AvgIpc) is 3.07. The van der Waals surface area contributed by atoms with Crippen molar-refractivity contribution < 1.29 is 0 Å². The summed E-state index contributed by atoms with van der Waals surface area (Å²) in [4.78, 5) is 5.71. The summed E-state index contributed by atoms with van der Waals surface area (Å²) in [6.45, 7) is 8.30. The predicted octanol–water partition coefficient (Wildman–Crippen LogP) is 2.41. The fourth-order valence-corrected chi connectivity index (χ4v) is 2.93. The first kappa shape index (κ1) is 14.1. The monoisotopic (exact) mass is 279 g/mol. The lowest BCUT2D eigenvalue weighted by Crippen LogP contribution is -2.26. The van der Waals surface area contributed by atoms with Crippen LogP contribution in [0.2, 0.25) is 0 Å². The molecule has 0 bridgehead atoms. The highest BCUT2D eigenvalue weighted by Gasteiger charge is 2.23. The van der Waals surface area contributed by atoms with Gasteiger partial charge in [-0.15, -0.1) is 5.10 Å². The highest BCUT2D eigenvalue weighted by atomic mass is 32.1. The number of hydrogen-bond acceptors (Lipinski definition) is 5. The Morgan fingerprint density at radius 1 is 1.37 bits per heavy atom. The summed E-state index contributed by atoms with van der Waals surface area (Å²) in [5.74, 6) is 1.05. The molecule has 0 spiro atoms. The van der Waals surface area contributed by atoms with Gasteiger partial charge in [-0.25, -0.2) is 4.98 Å². The van der Waals surface area contributed by atoms with E-state index >= 15 is 0 Å². The van der Waals surface area contributed by atoms with Crippen molar-refractivity contribution in [1.29, 1.82) is 0 Å². The first-order chi connectivity index (χ1) is 9.31. The Morgan fingerprint density at radius 3 is 2.89 bits per heavy atom. The maximum Gasteiger partial charge on any atom is 0.131 e. The number of hydrogen-bond donors (Lipinski definition) is 1. The van der Waals surface area contributed by atoms with E-state index in [0.717, 1.165) is 37.4 Å². The Balaban J connectivity index is 2.35. The van der Waals surface area contributed by atoms with Crippen molar-refractivity contribution in [3.05, 3.63) is 28.8 Å². The fourth-order valence-electron chi connectivity index (χ4n) is 2.12. The van der Waals surface area contributed by atoms with Crippen molar-refractivity contribution in [2.24, 2.45) is 0 Å². The Hall–Kier alpha value is -1.27. The van der Waals surface area contributed by atoms with Crippen LogP contribution in [-0.4, -0.2) is 25.7 Å². The summed E-state index contributed by atoms with van der Waals surface area (Å²) in [6.07, 6.45) is 5.88. The minimum Gasteiger partial charge on any atom is -0.334 e. The largest absolute Gasteiger partial charge is 0.334 e. The van der Waals surface area contributed by atoms with E-state index in [9.17, 15) is 0 Å². The van der Waals surface area contributed by atoms with Crippen molar-refractivity contribution in [2.45, 2.75) is 46.2 Å². The molecule has 2 rings (SSSR count). The summed E-state index contributed by atoms with van der Waals surface area (Å²) >= 11 is 1.47. The van der Waals surface area contributed by atoms with Crippen LogP contribution in [0.15, 0.2) is 12.4 Å². The van der Waals surface area contributed by atoms with E-state index in [1.165, 1.54) is 16.4 Å². The molecule has 0 saturated heterocycles. The van der Waals surface area contributed by atoms with Crippen LogP contribution in [-0.2, 0) is 13.0 Å². The zero-order valence-corrected chi connectivity index (χ0v) is 12.6. The highest BCUT2D eigenvalue weighted by molar-refractivity contribution is 7.05. The van der Waals surface area contributed by atoms with Gasteiger partial charge >= 0.3 is 0 Å². The summed E-state index contributed by atoms with van der Waals surface area (Å²) < 4.78 is 6.28. The smallest absolute Gasteiger partial charge is 0.131 e. The van der Waals surface area contributed by atoms with E-state index in [1.807, 2.05) is 12.4 Å². The minimum atomic E-state index is 0.102. The van der Waals surface area contributed by atoms with Gasteiger partial charge in [0.2, 0.25) is 0 Å². The third-order valence-corrected chi connectivity index (χ3v) is 3.96. The molecular formula is C13H21N5S. The third-order valence-electron chi connectivity index (χ3n) is 3.13. The number of aryl methyl sites for hydroxylation is 2. The van der Waals surface area contributed by atoms with Crippen LogP contribution < -0.4 is 5.32 Å². The lowest BCUT2D eigenvalue weighted by Gasteiger charge is -2.18. The van der Waals surface area contributed by atoms with E-state index in [1.54, 1.807) is 0 Å². The molecule has 2 aromatic heterocycles. The molecule has 2 aromatic rings. The van der Waals surface area contributed by atoms with Gasteiger partial charge in [-0.05, 0) is 37.8 Å². The second-order valence-corrected chi connectivity index (χ2v) is 5.18. The van der Waals surface area contributed by atoms with E-state index in [2.05, 4.69) is 45.2 Å². The Labute approximate surface area is 118 Å². The Kier molecular flexibility index (Phi) is 5.04. The molecule has 0 aliphatic carbocycles. The lowest BCUT2D eigenvalue weighted by molar-refractivity contribution is 0.544. The second-order valence-electron chi connectivity index (χ2n) is 4.40. The van der Waals surface area contributed by atoms with Gasteiger partial charge < -0.3 is 9.88 Å². The van der Waals surface area contributed by atoms with Gasteiger partial charge in [0.05, 0.1) is 10.6 Å². The van der Waals surface area contributed by atoms with Crippen LogP contribution in [0.5, 0.6) is 0 Å². The van der Waals surface area contributed by atoms with Crippen LogP contribution in [0.1, 0.15) is 49.6 Å². The quantitative estimate of drug-likeness (QED) is 0.845. The van der Waals surface area contributed by atoms with Crippen LogP contribution >= 0.6 is 11.5 Å². The minimum absolute atomic E-state index is 0.102. The lowest BCUT2D eigenvalue weighted by atomic mass is 10.1. The molecule has 1 unspecified atom stereocenters. The first-order valence-electron chi connectivity index (χ1n) is 6.87. The van der Waals surface area contributed by atoms with Crippen LogP contribution in [0.25, 0.3) is 0 Å². The molecule has 0 fully saturated rings. The van der Waals surface area contributed by atoms with E-state index in [4.69, 9.17) is 0 Å². The number of aromatic nitrogens is 4. The maximum atomic E-state index is 4.52. The molecule has 5 nitrogen and oxygen atoms in total. The van der Waals surface area contributed by atoms with Gasteiger partial charge in [0.25, 0.3) is 0 Å². The molecule has 1 atom stereocenters.